The van der Waals surface area contributed by atoms with Gasteiger partial charge < -0.3 is 10.6 Å². The first-order chi connectivity index (χ1) is 9.16. The van der Waals surface area contributed by atoms with E-state index < -0.39 is 0 Å². The van der Waals surface area contributed by atoms with Crippen LogP contribution in [0.1, 0.15) is 29.6 Å². The molecule has 1 atom stereocenters. The molecule has 0 saturated carbocycles. The van der Waals surface area contributed by atoms with E-state index in [2.05, 4.69) is 26.6 Å². The molecule has 19 heavy (non-hydrogen) atoms. The summed E-state index contributed by atoms with van der Waals surface area (Å²) in [5, 5.41) is 6.96. The van der Waals surface area contributed by atoms with Gasteiger partial charge in [0.15, 0.2) is 0 Å². The average molecular weight is 346 g/mol. The molecule has 0 aromatic heterocycles. The zero-order chi connectivity index (χ0) is 13.7. The normalized spacial score (nSPS) is 19.2. The second kappa shape index (κ2) is 7.27. The molecule has 1 heterocycles. The van der Waals surface area contributed by atoms with E-state index in [1.807, 2.05) is 0 Å². The molecule has 2 N–H and O–H groups in total. The molecular formula is C14H18BrClN2O. The molecule has 1 aromatic carbocycles. The van der Waals surface area contributed by atoms with E-state index in [1.165, 1.54) is 12.8 Å². The van der Waals surface area contributed by atoms with Gasteiger partial charge in [0.1, 0.15) is 0 Å². The lowest BCUT2D eigenvalue weighted by Crippen LogP contribution is -2.33. The molecule has 0 bridgehead atoms. The topological polar surface area (TPSA) is 41.1 Å². The van der Waals surface area contributed by atoms with Crippen LogP contribution in [0, 0.1) is 5.92 Å². The number of rotatable bonds is 4. The lowest BCUT2D eigenvalue weighted by molar-refractivity contribution is 0.0950. The Hall–Kier alpha value is -0.580. The fourth-order valence-corrected chi connectivity index (χ4v) is 2.80. The smallest absolute Gasteiger partial charge is 0.251 e. The van der Waals surface area contributed by atoms with Crippen LogP contribution in [0.5, 0.6) is 0 Å². The first-order valence-electron chi connectivity index (χ1n) is 6.61. The summed E-state index contributed by atoms with van der Waals surface area (Å²) in [6, 6.07) is 5.22. The Morgan fingerprint density at radius 3 is 3.05 bits per heavy atom. The molecule has 3 nitrogen and oxygen atoms in total. The Morgan fingerprint density at radius 2 is 2.37 bits per heavy atom. The summed E-state index contributed by atoms with van der Waals surface area (Å²) in [7, 11) is 0. The summed E-state index contributed by atoms with van der Waals surface area (Å²) in [5.74, 6) is 0.645. The van der Waals surface area contributed by atoms with Crippen molar-refractivity contribution in [2.45, 2.75) is 19.3 Å². The number of halogens is 2. The van der Waals surface area contributed by atoms with E-state index in [-0.39, 0.29) is 5.91 Å². The molecule has 5 heteroatoms. The SMILES string of the molecule is O=C(NCCC1CCCNC1)c1ccc(Cl)c(Br)c1. The van der Waals surface area contributed by atoms with E-state index in [0.29, 0.717) is 16.5 Å². The third kappa shape index (κ3) is 4.48. The van der Waals surface area contributed by atoms with Crippen molar-refractivity contribution >= 4 is 33.4 Å². The fraction of sp³-hybridized carbons (Fsp3) is 0.500. The van der Waals surface area contributed by atoms with E-state index in [1.54, 1.807) is 18.2 Å². The Balaban J connectivity index is 1.78. The first-order valence-corrected chi connectivity index (χ1v) is 7.78. The Bertz CT molecular complexity index is 447. The molecule has 1 fully saturated rings. The van der Waals surface area contributed by atoms with Gasteiger partial charge in [0, 0.05) is 16.6 Å². The van der Waals surface area contributed by atoms with Gasteiger partial charge in [-0.05, 0) is 72.4 Å². The van der Waals surface area contributed by atoms with Crippen LogP contribution < -0.4 is 10.6 Å². The molecule has 1 saturated heterocycles. The third-order valence-electron chi connectivity index (χ3n) is 3.42. The quantitative estimate of drug-likeness (QED) is 0.879. The Labute approximate surface area is 127 Å². The molecule has 1 amide bonds. The molecule has 104 valence electrons. The predicted molar refractivity (Wildman–Crippen MR) is 81.7 cm³/mol. The second-order valence-corrected chi connectivity index (χ2v) is 6.15. The minimum Gasteiger partial charge on any atom is -0.352 e. The molecule has 0 radical (unpaired) electrons. The van der Waals surface area contributed by atoms with Crippen LogP contribution in [0.3, 0.4) is 0 Å². The van der Waals surface area contributed by atoms with Crippen molar-refractivity contribution in [1.29, 1.82) is 0 Å². The van der Waals surface area contributed by atoms with Crippen LogP contribution in [0.4, 0.5) is 0 Å². The predicted octanol–water partition coefficient (Wildman–Crippen LogP) is 3.22. The lowest BCUT2D eigenvalue weighted by atomic mass is 9.96. The highest BCUT2D eigenvalue weighted by Gasteiger charge is 2.13. The van der Waals surface area contributed by atoms with Crippen molar-refractivity contribution < 1.29 is 4.79 Å². The molecule has 0 spiro atoms. The number of carbonyl (C=O) groups excluding carboxylic acids is 1. The van der Waals surface area contributed by atoms with Crippen LogP contribution in [0.2, 0.25) is 5.02 Å². The maximum Gasteiger partial charge on any atom is 0.251 e. The number of piperidine rings is 1. The largest absolute Gasteiger partial charge is 0.352 e. The summed E-state index contributed by atoms with van der Waals surface area (Å²) in [6.07, 6.45) is 3.53. The van der Waals surface area contributed by atoms with Crippen molar-refractivity contribution in [3.63, 3.8) is 0 Å². The van der Waals surface area contributed by atoms with Crippen LogP contribution in [-0.4, -0.2) is 25.5 Å². The van der Waals surface area contributed by atoms with Crippen LogP contribution in [0.25, 0.3) is 0 Å². The maximum absolute atomic E-state index is 12.0. The fourth-order valence-electron chi connectivity index (χ4n) is 2.30. The van der Waals surface area contributed by atoms with Gasteiger partial charge in [0.2, 0.25) is 0 Å². The van der Waals surface area contributed by atoms with Gasteiger partial charge >= 0.3 is 0 Å². The van der Waals surface area contributed by atoms with Gasteiger partial charge in [-0.25, -0.2) is 0 Å². The molecule has 1 unspecified atom stereocenters. The number of carbonyl (C=O) groups is 1. The Kier molecular flexibility index (Phi) is 5.67. The van der Waals surface area contributed by atoms with E-state index in [0.717, 1.165) is 30.5 Å². The van der Waals surface area contributed by atoms with Gasteiger partial charge in [-0.1, -0.05) is 11.6 Å². The van der Waals surface area contributed by atoms with Crippen LogP contribution in [0.15, 0.2) is 22.7 Å². The van der Waals surface area contributed by atoms with Crippen molar-refractivity contribution in [2.75, 3.05) is 19.6 Å². The number of benzene rings is 1. The van der Waals surface area contributed by atoms with E-state index >= 15 is 0 Å². The highest BCUT2D eigenvalue weighted by Crippen LogP contribution is 2.23. The molecule has 0 aliphatic carbocycles. The summed E-state index contributed by atoms with van der Waals surface area (Å²) >= 11 is 9.23. The number of amides is 1. The zero-order valence-electron chi connectivity index (χ0n) is 10.7. The van der Waals surface area contributed by atoms with Gasteiger partial charge in [0.05, 0.1) is 5.02 Å². The highest BCUT2D eigenvalue weighted by atomic mass is 79.9. The zero-order valence-corrected chi connectivity index (χ0v) is 13.1. The van der Waals surface area contributed by atoms with Crippen LogP contribution >= 0.6 is 27.5 Å². The monoisotopic (exact) mass is 344 g/mol. The summed E-state index contributed by atoms with van der Waals surface area (Å²) in [4.78, 5) is 12.0. The molecule has 1 aliphatic rings. The number of hydrogen-bond donors (Lipinski definition) is 2. The minimum absolute atomic E-state index is 0.0406. The maximum atomic E-state index is 12.0. The number of hydrogen-bond acceptors (Lipinski definition) is 2. The van der Waals surface area contributed by atoms with Crippen molar-refractivity contribution in [3.8, 4) is 0 Å². The average Bonchev–Trinajstić information content (AvgIpc) is 2.43. The summed E-state index contributed by atoms with van der Waals surface area (Å²) < 4.78 is 0.748. The second-order valence-electron chi connectivity index (χ2n) is 4.89. The van der Waals surface area contributed by atoms with E-state index in [9.17, 15) is 4.79 Å². The summed E-state index contributed by atoms with van der Waals surface area (Å²) in [6.45, 7) is 2.93. The molecular weight excluding hydrogens is 328 g/mol. The van der Waals surface area contributed by atoms with Gasteiger partial charge in [-0.2, -0.15) is 0 Å². The van der Waals surface area contributed by atoms with Crippen molar-refractivity contribution in [1.82, 2.24) is 10.6 Å². The molecule has 2 rings (SSSR count). The lowest BCUT2D eigenvalue weighted by Gasteiger charge is -2.22. The Morgan fingerprint density at radius 1 is 1.53 bits per heavy atom. The molecule has 1 aliphatic heterocycles. The van der Waals surface area contributed by atoms with E-state index in [4.69, 9.17) is 11.6 Å². The van der Waals surface area contributed by atoms with Crippen molar-refractivity contribution in [3.05, 3.63) is 33.3 Å². The minimum atomic E-state index is -0.0406. The first kappa shape index (κ1) is 14.8. The van der Waals surface area contributed by atoms with Crippen LogP contribution in [-0.2, 0) is 0 Å². The third-order valence-corrected chi connectivity index (χ3v) is 4.63. The van der Waals surface area contributed by atoms with Gasteiger partial charge in [-0.15, -0.1) is 0 Å². The number of nitrogens with one attached hydrogen (secondary N) is 2. The van der Waals surface area contributed by atoms with Crippen molar-refractivity contribution in [2.24, 2.45) is 5.92 Å². The standard InChI is InChI=1S/C14H18BrClN2O/c15-12-8-11(3-4-13(12)16)14(19)18-7-5-10-2-1-6-17-9-10/h3-4,8,10,17H,1-2,5-7,9H2,(H,18,19). The highest BCUT2D eigenvalue weighted by molar-refractivity contribution is 9.10. The van der Waals surface area contributed by atoms with Gasteiger partial charge in [-0.3, -0.25) is 4.79 Å². The molecule has 1 aromatic rings. The summed E-state index contributed by atoms with van der Waals surface area (Å²) in [5.41, 5.74) is 0.637. The van der Waals surface area contributed by atoms with Gasteiger partial charge in [0.25, 0.3) is 5.91 Å².